The summed E-state index contributed by atoms with van der Waals surface area (Å²) in [6.45, 7) is 2.94. The van der Waals surface area contributed by atoms with Gasteiger partial charge in [-0.3, -0.25) is 4.79 Å². The molecule has 1 aliphatic heterocycles. The Balaban J connectivity index is 1.55. The van der Waals surface area contributed by atoms with E-state index in [1.54, 1.807) is 24.3 Å². The maximum atomic E-state index is 12.0. The van der Waals surface area contributed by atoms with E-state index in [4.69, 9.17) is 25.8 Å². The molecule has 0 fully saturated rings. The first-order valence-corrected chi connectivity index (χ1v) is 8.07. The van der Waals surface area contributed by atoms with E-state index in [1.807, 2.05) is 25.1 Å². The molecule has 2 aromatic carbocycles. The molecular weight excluding hydrogens is 330 g/mol. The van der Waals surface area contributed by atoms with Crippen molar-refractivity contribution < 1.29 is 19.0 Å². The number of rotatable bonds is 5. The average molecular weight is 348 g/mol. The quantitative estimate of drug-likeness (QED) is 0.901. The first kappa shape index (κ1) is 16.5. The van der Waals surface area contributed by atoms with Gasteiger partial charge >= 0.3 is 0 Å². The number of nitrogens with one attached hydrogen (secondary N) is 1. The van der Waals surface area contributed by atoms with Gasteiger partial charge in [-0.05, 0) is 48.9 Å². The topological polar surface area (TPSA) is 56.8 Å². The maximum Gasteiger partial charge on any atom is 0.258 e. The highest BCUT2D eigenvalue weighted by molar-refractivity contribution is 6.30. The molecule has 0 spiro atoms. The van der Waals surface area contributed by atoms with Crippen LogP contribution in [0.4, 0.5) is 0 Å². The Morgan fingerprint density at radius 3 is 2.62 bits per heavy atom. The lowest BCUT2D eigenvalue weighted by molar-refractivity contribution is -0.123. The second-order valence-corrected chi connectivity index (χ2v) is 5.87. The third-order valence-corrected chi connectivity index (χ3v) is 3.88. The number of benzene rings is 2. The SMILES string of the molecule is CC(NC(=O)COc1ccc(Cl)cc1)c1ccc2c(c1)OCCO2. The van der Waals surface area contributed by atoms with Gasteiger partial charge in [0.2, 0.25) is 0 Å². The number of hydrogen-bond acceptors (Lipinski definition) is 4. The minimum atomic E-state index is -0.202. The third-order valence-electron chi connectivity index (χ3n) is 3.63. The minimum absolute atomic E-state index is 0.0590. The van der Waals surface area contributed by atoms with Crippen molar-refractivity contribution >= 4 is 17.5 Å². The van der Waals surface area contributed by atoms with Crippen molar-refractivity contribution in [2.45, 2.75) is 13.0 Å². The Morgan fingerprint density at radius 2 is 1.88 bits per heavy atom. The van der Waals surface area contributed by atoms with Crippen LogP contribution < -0.4 is 19.5 Å². The average Bonchev–Trinajstić information content (AvgIpc) is 2.61. The van der Waals surface area contributed by atoms with Crippen LogP contribution in [0.25, 0.3) is 0 Å². The van der Waals surface area contributed by atoms with Crippen LogP contribution in [0.5, 0.6) is 17.2 Å². The van der Waals surface area contributed by atoms with E-state index in [-0.39, 0.29) is 18.6 Å². The van der Waals surface area contributed by atoms with E-state index in [9.17, 15) is 4.79 Å². The molecule has 1 amide bonds. The highest BCUT2D eigenvalue weighted by Gasteiger charge is 2.16. The number of ether oxygens (including phenoxy) is 3. The molecule has 1 atom stereocenters. The van der Waals surface area contributed by atoms with Crippen molar-refractivity contribution in [2.75, 3.05) is 19.8 Å². The lowest BCUT2D eigenvalue weighted by atomic mass is 10.1. The lowest BCUT2D eigenvalue weighted by Crippen LogP contribution is -2.31. The molecule has 6 heteroatoms. The van der Waals surface area contributed by atoms with Crippen LogP contribution in [0.15, 0.2) is 42.5 Å². The smallest absolute Gasteiger partial charge is 0.258 e. The standard InChI is InChI=1S/C18H18ClNO4/c1-12(13-2-7-16-17(10-13)23-9-8-22-16)20-18(21)11-24-15-5-3-14(19)4-6-15/h2-7,10,12H,8-9,11H2,1H3,(H,20,21). The fourth-order valence-electron chi connectivity index (χ4n) is 2.38. The van der Waals surface area contributed by atoms with Gasteiger partial charge in [-0.25, -0.2) is 0 Å². The van der Waals surface area contributed by atoms with Crippen LogP contribution in [-0.2, 0) is 4.79 Å². The number of amides is 1. The van der Waals surface area contributed by atoms with Gasteiger partial charge in [-0.15, -0.1) is 0 Å². The molecule has 1 heterocycles. The van der Waals surface area contributed by atoms with E-state index in [1.165, 1.54) is 0 Å². The van der Waals surface area contributed by atoms with Crippen LogP contribution >= 0.6 is 11.6 Å². The molecule has 1 N–H and O–H groups in total. The molecule has 2 aromatic rings. The normalized spacial score (nSPS) is 13.9. The molecule has 3 rings (SSSR count). The maximum absolute atomic E-state index is 12.0. The first-order valence-electron chi connectivity index (χ1n) is 7.69. The number of carbonyl (C=O) groups is 1. The van der Waals surface area contributed by atoms with Gasteiger partial charge in [-0.1, -0.05) is 17.7 Å². The molecule has 0 aromatic heterocycles. The van der Waals surface area contributed by atoms with Crippen LogP contribution in [0.2, 0.25) is 5.02 Å². The summed E-state index contributed by atoms with van der Waals surface area (Å²) < 4.78 is 16.5. The van der Waals surface area contributed by atoms with Gasteiger partial charge in [0.25, 0.3) is 5.91 Å². The third kappa shape index (κ3) is 4.11. The Hall–Kier alpha value is -2.40. The molecule has 5 nitrogen and oxygen atoms in total. The fourth-order valence-corrected chi connectivity index (χ4v) is 2.50. The molecule has 24 heavy (non-hydrogen) atoms. The van der Waals surface area contributed by atoms with Crippen molar-refractivity contribution in [3.05, 3.63) is 53.1 Å². The predicted octanol–water partition coefficient (Wildman–Crippen LogP) is 3.37. The van der Waals surface area contributed by atoms with E-state index in [0.717, 1.165) is 11.3 Å². The van der Waals surface area contributed by atoms with E-state index in [0.29, 0.717) is 29.7 Å². The lowest BCUT2D eigenvalue weighted by Gasteiger charge is -2.21. The summed E-state index contributed by atoms with van der Waals surface area (Å²) in [7, 11) is 0. The zero-order valence-corrected chi connectivity index (χ0v) is 14.0. The first-order chi connectivity index (χ1) is 11.6. The summed E-state index contributed by atoms with van der Waals surface area (Å²) >= 11 is 5.81. The molecule has 126 valence electrons. The van der Waals surface area contributed by atoms with Gasteiger partial charge in [0, 0.05) is 5.02 Å². The predicted molar refractivity (Wildman–Crippen MR) is 90.9 cm³/mol. The van der Waals surface area contributed by atoms with Crippen LogP contribution in [0.1, 0.15) is 18.5 Å². The van der Waals surface area contributed by atoms with Gasteiger partial charge in [0.1, 0.15) is 19.0 Å². The number of halogens is 1. The van der Waals surface area contributed by atoms with Gasteiger partial charge in [-0.2, -0.15) is 0 Å². The van der Waals surface area contributed by atoms with E-state index in [2.05, 4.69) is 5.32 Å². The summed E-state index contributed by atoms with van der Waals surface area (Å²) in [5, 5.41) is 3.52. The van der Waals surface area contributed by atoms with Gasteiger partial charge < -0.3 is 19.5 Å². The largest absolute Gasteiger partial charge is 0.486 e. The Morgan fingerprint density at radius 1 is 1.17 bits per heavy atom. The summed E-state index contributed by atoms with van der Waals surface area (Å²) in [5.41, 5.74) is 0.944. The van der Waals surface area contributed by atoms with Crippen molar-refractivity contribution in [3.63, 3.8) is 0 Å². The molecule has 1 aliphatic rings. The summed E-state index contributed by atoms with van der Waals surface area (Å²) in [6.07, 6.45) is 0. The number of hydrogen-bond donors (Lipinski definition) is 1. The zero-order valence-electron chi connectivity index (χ0n) is 13.3. The monoisotopic (exact) mass is 347 g/mol. The minimum Gasteiger partial charge on any atom is -0.486 e. The molecule has 0 bridgehead atoms. The molecule has 1 unspecified atom stereocenters. The van der Waals surface area contributed by atoms with E-state index >= 15 is 0 Å². The van der Waals surface area contributed by atoms with Gasteiger partial charge in [0.05, 0.1) is 6.04 Å². The molecule has 0 radical (unpaired) electrons. The molecule has 0 saturated carbocycles. The van der Waals surface area contributed by atoms with Gasteiger partial charge in [0.15, 0.2) is 18.1 Å². The Bertz CT molecular complexity index is 717. The molecule has 0 aliphatic carbocycles. The van der Waals surface area contributed by atoms with Crippen molar-refractivity contribution in [3.8, 4) is 17.2 Å². The van der Waals surface area contributed by atoms with Crippen LogP contribution in [0, 0.1) is 0 Å². The second kappa shape index (κ2) is 7.45. The highest BCUT2D eigenvalue weighted by atomic mass is 35.5. The van der Waals surface area contributed by atoms with Crippen molar-refractivity contribution in [1.29, 1.82) is 0 Å². The van der Waals surface area contributed by atoms with Crippen LogP contribution in [-0.4, -0.2) is 25.7 Å². The second-order valence-electron chi connectivity index (χ2n) is 5.43. The van der Waals surface area contributed by atoms with Crippen LogP contribution in [0.3, 0.4) is 0 Å². The van der Waals surface area contributed by atoms with Crippen molar-refractivity contribution in [2.24, 2.45) is 0 Å². The summed E-state index contributed by atoms with van der Waals surface area (Å²) in [6, 6.07) is 12.4. The molecular formula is C18H18ClNO4. The summed E-state index contributed by atoms with van der Waals surface area (Å²) in [4.78, 5) is 12.0. The fraction of sp³-hybridized carbons (Fsp3) is 0.278. The number of carbonyl (C=O) groups excluding carboxylic acids is 1. The molecule has 0 saturated heterocycles. The number of fused-ring (bicyclic) bond motifs is 1. The summed E-state index contributed by atoms with van der Waals surface area (Å²) in [5.74, 6) is 1.83. The Kier molecular flexibility index (Phi) is 5.11. The van der Waals surface area contributed by atoms with E-state index < -0.39 is 0 Å². The van der Waals surface area contributed by atoms with Crippen molar-refractivity contribution in [1.82, 2.24) is 5.32 Å². The highest BCUT2D eigenvalue weighted by Crippen LogP contribution is 2.32. The zero-order chi connectivity index (χ0) is 16.9. The Labute approximate surface area is 145 Å².